The van der Waals surface area contributed by atoms with E-state index >= 15 is 0 Å². The van der Waals surface area contributed by atoms with Crippen molar-refractivity contribution in [2.24, 2.45) is 7.05 Å². The van der Waals surface area contributed by atoms with Gasteiger partial charge in [0.15, 0.2) is 5.82 Å². The molecule has 4 rings (SSSR count). The normalized spacial score (nSPS) is 15.1. The molecule has 3 aromatic rings. The van der Waals surface area contributed by atoms with Gasteiger partial charge >= 0.3 is 0 Å². The van der Waals surface area contributed by atoms with Gasteiger partial charge in [0.1, 0.15) is 17.7 Å². The van der Waals surface area contributed by atoms with Crippen molar-refractivity contribution in [3.63, 3.8) is 0 Å². The first-order valence-corrected chi connectivity index (χ1v) is 9.12. The molecule has 0 N–H and O–H groups in total. The molecular weight excluding hydrogens is 340 g/mol. The summed E-state index contributed by atoms with van der Waals surface area (Å²) in [5.74, 6) is 3.13. The number of hydrogen-bond acceptors (Lipinski definition) is 6. The van der Waals surface area contributed by atoms with E-state index in [1.54, 1.807) is 12.5 Å². The van der Waals surface area contributed by atoms with Gasteiger partial charge in [-0.1, -0.05) is 0 Å². The Balaban J connectivity index is 1.46. The van der Waals surface area contributed by atoms with Crippen LogP contribution >= 0.6 is 0 Å². The minimum atomic E-state index is 0.366. The fourth-order valence-corrected chi connectivity index (χ4v) is 3.63. The first-order valence-electron chi connectivity index (χ1n) is 9.12. The minimum Gasteiger partial charge on any atom is -0.355 e. The molecule has 1 fully saturated rings. The molecular formula is C19H22N8. The molecule has 1 saturated heterocycles. The summed E-state index contributed by atoms with van der Waals surface area (Å²) < 4.78 is 4.09. The Morgan fingerprint density at radius 2 is 2.04 bits per heavy atom. The molecule has 0 aromatic carbocycles. The van der Waals surface area contributed by atoms with Gasteiger partial charge in [0.25, 0.3) is 0 Å². The molecule has 1 aliphatic heterocycles. The molecule has 4 heterocycles. The van der Waals surface area contributed by atoms with E-state index in [2.05, 4.69) is 35.7 Å². The fraction of sp³-hybridized carbons (Fsp3) is 0.421. The summed E-state index contributed by atoms with van der Waals surface area (Å²) in [6.45, 7) is 4.35. The zero-order chi connectivity index (χ0) is 18.8. The number of hydrogen-bond donors (Lipinski definition) is 0. The molecule has 0 atom stereocenters. The van der Waals surface area contributed by atoms with Gasteiger partial charge < -0.3 is 14.0 Å². The Hall–Kier alpha value is -3.21. The quantitative estimate of drug-likeness (QED) is 0.705. The van der Waals surface area contributed by atoms with Gasteiger partial charge in [-0.15, -0.1) is 10.2 Å². The van der Waals surface area contributed by atoms with Crippen LogP contribution in [0.1, 0.15) is 41.7 Å². The zero-order valence-electron chi connectivity index (χ0n) is 15.6. The molecule has 8 heteroatoms. The Kier molecular flexibility index (Phi) is 4.59. The van der Waals surface area contributed by atoms with E-state index in [-0.39, 0.29) is 0 Å². The summed E-state index contributed by atoms with van der Waals surface area (Å²) in [5, 5.41) is 18.2. The number of anilines is 1. The van der Waals surface area contributed by atoms with Crippen molar-refractivity contribution in [2.45, 2.75) is 32.2 Å². The lowest BCUT2D eigenvalue weighted by atomic mass is 9.95. The van der Waals surface area contributed by atoms with E-state index in [1.165, 1.54) is 0 Å². The van der Waals surface area contributed by atoms with Crippen molar-refractivity contribution in [3.05, 3.63) is 53.8 Å². The van der Waals surface area contributed by atoms with E-state index < -0.39 is 0 Å². The van der Waals surface area contributed by atoms with Gasteiger partial charge in [-0.2, -0.15) is 5.26 Å². The number of pyridine rings is 1. The minimum absolute atomic E-state index is 0.366. The maximum absolute atomic E-state index is 9.37. The van der Waals surface area contributed by atoms with Crippen LogP contribution in [0.4, 0.5) is 5.82 Å². The number of aromatic nitrogens is 6. The maximum atomic E-state index is 9.37. The summed E-state index contributed by atoms with van der Waals surface area (Å²) in [4.78, 5) is 10.9. The highest BCUT2D eigenvalue weighted by Crippen LogP contribution is 2.30. The average Bonchev–Trinajstić information content (AvgIpc) is 3.33. The van der Waals surface area contributed by atoms with Gasteiger partial charge in [-0.3, -0.25) is 0 Å². The van der Waals surface area contributed by atoms with Gasteiger partial charge in [0.2, 0.25) is 0 Å². The highest BCUT2D eigenvalue weighted by molar-refractivity contribution is 5.54. The van der Waals surface area contributed by atoms with Crippen LogP contribution in [0.25, 0.3) is 0 Å². The zero-order valence-corrected chi connectivity index (χ0v) is 15.6. The predicted molar refractivity (Wildman–Crippen MR) is 100 cm³/mol. The van der Waals surface area contributed by atoms with Crippen LogP contribution in [0.15, 0.2) is 30.9 Å². The summed E-state index contributed by atoms with van der Waals surface area (Å²) in [7, 11) is 2.03. The highest BCUT2D eigenvalue weighted by atomic mass is 15.3. The van der Waals surface area contributed by atoms with E-state index in [9.17, 15) is 5.26 Å². The number of rotatable bonds is 4. The Morgan fingerprint density at radius 1 is 1.22 bits per heavy atom. The summed E-state index contributed by atoms with van der Waals surface area (Å²) in [6, 6.07) is 6.00. The van der Waals surface area contributed by atoms with Crippen molar-refractivity contribution >= 4 is 5.82 Å². The highest BCUT2D eigenvalue weighted by Gasteiger charge is 2.27. The van der Waals surface area contributed by atoms with Crippen LogP contribution in [-0.4, -0.2) is 42.4 Å². The standard InChI is InChI=1S/C19H22N8/c1-14-3-4-16(11-20)18(22-14)27-8-5-15(6-9-27)19-24-23-17(25(19)2)12-26-10-7-21-13-26/h3-4,7,10,13,15H,5-6,8-9,12H2,1-2H3. The van der Waals surface area contributed by atoms with Gasteiger partial charge in [-0.05, 0) is 31.9 Å². The SMILES string of the molecule is Cc1ccc(C#N)c(N2CCC(c3nnc(Cn4ccnc4)n3C)CC2)n1. The van der Waals surface area contributed by atoms with Crippen molar-refractivity contribution in [3.8, 4) is 6.07 Å². The van der Waals surface area contributed by atoms with Crippen LogP contribution in [-0.2, 0) is 13.6 Å². The topological polar surface area (TPSA) is 88.5 Å². The molecule has 3 aromatic heterocycles. The van der Waals surface area contributed by atoms with Gasteiger partial charge in [0, 0.05) is 44.1 Å². The number of nitriles is 1. The van der Waals surface area contributed by atoms with Crippen LogP contribution in [0.3, 0.4) is 0 Å². The third-order valence-corrected chi connectivity index (χ3v) is 5.18. The molecule has 0 radical (unpaired) electrons. The van der Waals surface area contributed by atoms with Crippen LogP contribution < -0.4 is 4.90 Å². The van der Waals surface area contributed by atoms with Gasteiger partial charge in [0.05, 0.1) is 18.4 Å². The molecule has 1 aliphatic rings. The summed E-state index contributed by atoms with van der Waals surface area (Å²) in [5.41, 5.74) is 1.57. The predicted octanol–water partition coefficient (Wildman–Crippen LogP) is 2.02. The molecule has 0 aliphatic carbocycles. The molecule has 0 amide bonds. The maximum Gasteiger partial charge on any atom is 0.152 e. The molecule has 138 valence electrons. The largest absolute Gasteiger partial charge is 0.355 e. The first kappa shape index (κ1) is 17.2. The number of piperidine rings is 1. The van der Waals surface area contributed by atoms with Crippen LogP contribution in [0.5, 0.6) is 0 Å². The van der Waals surface area contributed by atoms with Crippen molar-refractivity contribution in [1.29, 1.82) is 5.26 Å². The monoisotopic (exact) mass is 362 g/mol. The second kappa shape index (κ2) is 7.19. The second-order valence-corrected chi connectivity index (χ2v) is 6.97. The van der Waals surface area contributed by atoms with Crippen LogP contribution in [0.2, 0.25) is 0 Å². The lowest BCUT2D eigenvalue weighted by Gasteiger charge is -2.32. The number of aryl methyl sites for hydroxylation is 1. The average molecular weight is 362 g/mol. The summed E-state index contributed by atoms with van der Waals surface area (Å²) in [6.07, 6.45) is 7.42. The van der Waals surface area contributed by atoms with Crippen LogP contribution in [0, 0.1) is 18.3 Å². The summed E-state index contributed by atoms with van der Waals surface area (Å²) >= 11 is 0. The van der Waals surface area contributed by atoms with E-state index in [0.29, 0.717) is 18.0 Å². The molecule has 0 saturated carbocycles. The number of imidazole rings is 1. The van der Waals surface area contributed by atoms with Crippen molar-refractivity contribution in [1.82, 2.24) is 29.3 Å². The second-order valence-electron chi connectivity index (χ2n) is 6.97. The lowest BCUT2D eigenvalue weighted by Crippen LogP contribution is -2.34. The number of nitrogens with zero attached hydrogens (tertiary/aromatic N) is 8. The Morgan fingerprint density at radius 3 is 2.74 bits per heavy atom. The third kappa shape index (κ3) is 3.40. The molecule has 0 unspecified atom stereocenters. The molecule has 27 heavy (non-hydrogen) atoms. The smallest absolute Gasteiger partial charge is 0.152 e. The van der Waals surface area contributed by atoms with Crippen molar-refractivity contribution < 1.29 is 0 Å². The van der Waals surface area contributed by atoms with E-state index in [0.717, 1.165) is 49.1 Å². The third-order valence-electron chi connectivity index (χ3n) is 5.18. The molecule has 0 spiro atoms. The molecule has 8 nitrogen and oxygen atoms in total. The van der Waals surface area contributed by atoms with E-state index in [1.807, 2.05) is 36.9 Å². The Labute approximate surface area is 158 Å². The van der Waals surface area contributed by atoms with Gasteiger partial charge in [-0.25, -0.2) is 9.97 Å². The van der Waals surface area contributed by atoms with E-state index in [4.69, 9.17) is 0 Å². The molecule has 0 bridgehead atoms. The lowest BCUT2D eigenvalue weighted by molar-refractivity contribution is 0.470. The Bertz CT molecular complexity index is 958. The van der Waals surface area contributed by atoms with Crippen molar-refractivity contribution in [2.75, 3.05) is 18.0 Å². The first-order chi connectivity index (χ1) is 13.2. The fourth-order valence-electron chi connectivity index (χ4n) is 3.63.